The van der Waals surface area contributed by atoms with Crippen molar-refractivity contribution < 1.29 is 4.74 Å². The van der Waals surface area contributed by atoms with Gasteiger partial charge in [-0.3, -0.25) is 0 Å². The van der Waals surface area contributed by atoms with Gasteiger partial charge < -0.3 is 4.74 Å². The summed E-state index contributed by atoms with van der Waals surface area (Å²) in [5.74, 6) is 1.53. The lowest BCUT2D eigenvalue weighted by Crippen LogP contribution is -2.10. The minimum Gasteiger partial charge on any atom is -0.497 e. The summed E-state index contributed by atoms with van der Waals surface area (Å²) in [6.07, 6.45) is 2.17. The largest absolute Gasteiger partial charge is 0.497 e. The van der Waals surface area contributed by atoms with Gasteiger partial charge >= 0.3 is 0 Å². The first kappa shape index (κ1) is 16.1. The molecule has 0 aromatic heterocycles. The van der Waals surface area contributed by atoms with Crippen molar-refractivity contribution in [3.63, 3.8) is 0 Å². The van der Waals surface area contributed by atoms with Crippen LogP contribution in [0.25, 0.3) is 0 Å². The number of hydrogen-bond donors (Lipinski definition) is 0. The summed E-state index contributed by atoms with van der Waals surface area (Å²) in [4.78, 5) is 0. The molecule has 0 aliphatic carbocycles. The summed E-state index contributed by atoms with van der Waals surface area (Å²) in [5, 5.41) is 1.01. The average molecular weight is 347 g/mol. The predicted molar refractivity (Wildman–Crippen MR) is 93.6 cm³/mol. The molecular weight excluding hydrogens is 324 g/mol. The van der Waals surface area contributed by atoms with E-state index in [9.17, 15) is 0 Å². The number of aryl methyl sites for hydroxylation is 2. The number of alkyl halides is 1. The second-order valence-corrected chi connectivity index (χ2v) is 6.42. The molecule has 0 N–H and O–H groups in total. The normalized spacial score (nSPS) is 12.2. The molecule has 1 unspecified atom stereocenters. The second-order valence-electron chi connectivity index (χ2n) is 5.78. The highest BCUT2D eigenvalue weighted by atomic mass is 79.9. The Balaban J connectivity index is 2.08. The molecule has 2 aromatic carbocycles. The molecule has 2 heteroatoms. The third-order valence-electron chi connectivity index (χ3n) is 3.68. The monoisotopic (exact) mass is 346 g/mol. The summed E-state index contributed by atoms with van der Waals surface area (Å²) in [6.45, 7) is 4.34. The Kier molecular flexibility index (Phi) is 5.86. The Hall–Kier alpha value is -1.28. The number of rotatable bonds is 6. The lowest BCUT2D eigenvalue weighted by atomic mass is 9.92. The third-order valence-corrected chi connectivity index (χ3v) is 4.60. The van der Waals surface area contributed by atoms with Gasteiger partial charge in [0.2, 0.25) is 0 Å². The molecule has 0 bridgehead atoms. The van der Waals surface area contributed by atoms with Crippen LogP contribution in [0.2, 0.25) is 0 Å². The Labute approximate surface area is 136 Å². The maximum absolute atomic E-state index is 5.31. The van der Waals surface area contributed by atoms with Gasteiger partial charge in [-0.05, 0) is 55.9 Å². The average Bonchev–Trinajstić information content (AvgIpc) is 2.45. The van der Waals surface area contributed by atoms with Gasteiger partial charge in [0.25, 0.3) is 0 Å². The van der Waals surface area contributed by atoms with Gasteiger partial charge in [0.1, 0.15) is 5.75 Å². The molecule has 0 spiro atoms. The Morgan fingerprint density at radius 2 is 1.62 bits per heavy atom. The van der Waals surface area contributed by atoms with Crippen molar-refractivity contribution in [2.45, 2.75) is 26.7 Å². The van der Waals surface area contributed by atoms with E-state index in [2.05, 4.69) is 66.2 Å². The zero-order chi connectivity index (χ0) is 15.2. The smallest absolute Gasteiger partial charge is 0.119 e. The first-order valence-electron chi connectivity index (χ1n) is 7.36. The van der Waals surface area contributed by atoms with Crippen LogP contribution in [0.15, 0.2) is 42.5 Å². The van der Waals surface area contributed by atoms with Gasteiger partial charge in [-0.2, -0.15) is 0 Å². The standard InChI is InChI=1S/C19H23BrO/c1-14-7-15(2)9-17(8-14)11-18(13-20)10-16-5-4-6-19(12-16)21-3/h4-9,12,18H,10-11,13H2,1-3H3. The van der Waals surface area contributed by atoms with Crippen molar-refractivity contribution in [3.8, 4) is 5.75 Å². The van der Waals surface area contributed by atoms with Crippen molar-refractivity contribution >= 4 is 15.9 Å². The molecular formula is C19H23BrO. The van der Waals surface area contributed by atoms with Gasteiger partial charge in [0, 0.05) is 5.33 Å². The second kappa shape index (κ2) is 7.65. The lowest BCUT2D eigenvalue weighted by Gasteiger charge is -2.16. The minimum atomic E-state index is 0.596. The van der Waals surface area contributed by atoms with Crippen molar-refractivity contribution in [1.29, 1.82) is 0 Å². The molecule has 2 rings (SSSR count). The van der Waals surface area contributed by atoms with E-state index in [4.69, 9.17) is 4.74 Å². The molecule has 1 atom stereocenters. The Morgan fingerprint density at radius 3 is 2.24 bits per heavy atom. The van der Waals surface area contributed by atoms with Gasteiger partial charge in [0.15, 0.2) is 0 Å². The highest BCUT2D eigenvalue weighted by molar-refractivity contribution is 9.09. The lowest BCUT2D eigenvalue weighted by molar-refractivity contribution is 0.414. The first-order valence-corrected chi connectivity index (χ1v) is 8.49. The van der Waals surface area contributed by atoms with Crippen molar-refractivity contribution in [2.75, 3.05) is 12.4 Å². The van der Waals surface area contributed by atoms with E-state index < -0.39 is 0 Å². The Morgan fingerprint density at radius 1 is 0.952 bits per heavy atom. The number of hydrogen-bond acceptors (Lipinski definition) is 1. The number of halogens is 1. The summed E-state index contributed by atoms with van der Waals surface area (Å²) in [7, 11) is 1.72. The zero-order valence-electron chi connectivity index (χ0n) is 13.0. The summed E-state index contributed by atoms with van der Waals surface area (Å²) in [6, 6.07) is 15.2. The van der Waals surface area contributed by atoms with Crippen LogP contribution >= 0.6 is 15.9 Å². The SMILES string of the molecule is COc1cccc(CC(CBr)Cc2cc(C)cc(C)c2)c1. The summed E-state index contributed by atoms with van der Waals surface area (Å²) >= 11 is 3.67. The molecule has 0 fully saturated rings. The van der Waals surface area contributed by atoms with E-state index in [1.165, 1.54) is 22.3 Å². The van der Waals surface area contributed by atoms with Crippen molar-refractivity contribution in [1.82, 2.24) is 0 Å². The highest BCUT2D eigenvalue weighted by Gasteiger charge is 2.11. The molecule has 1 nitrogen and oxygen atoms in total. The number of benzene rings is 2. The van der Waals surface area contributed by atoms with E-state index >= 15 is 0 Å². The number of ether oxygens (including phenoxy) is 1. The molecule has 0 aliphatic heterocycles. The summed E-state index contributed by atoms with van der Waals surface area (Å²) < 4.78 is 5.31. The van der Waals surface area contributed by atoms with E-state index in [0.29, 0.717) is 5.92 Å². The van der Waals surface area contributed by atoms with Crippen molar-refractivity contribution in [3.05, 3.63) is 64.7 Å². The Bertz CT molecular complexity index is 572. The van der Waals surface area contributed by atoms with Gasteiger partial charge in [0.05, 0.1) is 7.11 Å². The van der Waals surface area contributed by atoms with E-state index in [1.807, 2.05) is 6.07 Å². The van der Waals surface area contributed by atoms with E-state index in [0.717, 1.165) is 23.9 Å². The van der Waals surface area contributed by atoms with Crippen LogP contribution in [0.3, 0.4) is 0 Å². The van der Waals surface area contributed by atoms with Crippen LogP contribution < -0.4 is 4.74 Å². The molecule has 0 saturated heterocycles. The fourth-order valence-electron chi connectivity index (χ4n) is 2.83. The predicted octanol–water partition coefficient (Wildman–Crippen LogP) is 5.11. The molecule has 0 saturated carbocycles. The van der Waals surface area contributed by atoms with Crippen LogP contribution in [-0.4, -0.2) is 12.4 Å². The fourth-order valence-corrected chi connectivity index (χ4v) is 3.29. The van der Waals surface area contributed by atoms with Crippen LogP contribution in [0.5, 0.6) is 5.75 Å². The first-order chi connectivity index (χ1) is 10.1. The molecule has 0 amide bonds. The van der Waals surface area contributed by atoms with E-state index in [1.54, 1.807) is 7.11 Å². The minimum absolute atomic E-state index is 0.596. The maximum Gasteiger partial charge on any atom is 0.119 e. The van der Waals surface area contributed by atoms with Gasteiger partial charge in [-0.15, -0.1) is 0 Å². The molecule has 112 valence electrons. The van der Waals surface area contributed by atoms with Crippen LogP contribution in [-0.2, 0) is 12.8 Å². The maximum atomic E-state index is 5.31. The quantitative estimate of drug-likeness (QED) is 0.660. The molecule has 0 aliphatic rings. The van der Waals surface area contributed by atoms with Crippen LogP contribution in [0, 0.1) is 19.8 Å². The van der Waals surface area contributed by atoms with Gasteiger partial charge in [-0.25, -0.2) is 0 Å². The number of methoxy groups -OCH3 is 1. The van der Waals surface area contributed by atoms with Gasteiger partial charge in [-0.1, -0.05) is 57.4 Å². The van der Waals surface area contributed by atoms with Crippen LogP contribution in [0.1, 0.15) is 22.3 Å². The van der Waals surface area contributed by atoms with Crippen LogP contribution in [0.4, 0.5) is 0 Å². The topological polar surface area (TPSA) is 9.23 Å². The molecule has 0 radical (unpaired) electrons. The molecule has 2 aromatic rings. The van der Waals surface area contributed by atoms with Crippen molar-refractivity contribution in [2.24, 2.45) is 5.92 Å². The fraction of sp³-hybridized carbons (Fsp3) is 0.368. The summed E-state index contributed by atoms with van der Waals surface area (Å²) in [5.41, 5.74) is 5.46. The molecule has 21 heavy (non-hydrogen) atoms. The zero-order valence-corrected chi connectivity index (χ0v) is 14.6. The third kappa shape index (κ3) is 4.89. The highest BCUT2D eigenvalue weighted by Crippen LogP contribution is 2.21. The van der Waals surface area contributed by atoms with E-state index in [-0.39, 0.29) is 0 Å². The molecule has 0 heterocycles.